The van der Waals surface area contributed by atoms with Gasteiger partial charge >= 0.3 is 0 Å². The van der Waals surface area contributed by atoms with Crippen LogP contribution in [-0.4, -0.2) is 36.3 Å². The third-order valence-corrected chi connectivity index (χ3v) is 4.06. The first-order valence-electron chi connectivity index (χ1n) is 6.43. The van der Waals surface area contributed by atoms with Crippen LogP contribution in [0.4, 0.5) is 11.8 Å². The van der Waals surface area contributed by atoms with Crippen LogP contribution in [0.25, 0.3) is 10.2 Å². The minimum absolute atomic E-state index is 0.329. The van der Waals surface area contributed by atoms with Crippen LogP contribution < -0.4 is 10.6 Å². The number of methoxy groups -OCH3 is 1. The van der Waals surface area contributed by atoms with Gasteiger partial charge in [-0.2, -0.15) is 4.98 Å². The average Bonchev–Trinajstić information content (AvgIpc) is 2.86. The van der Waals surface area contributed by atoms with Gasteiger partial charge in [-0.15, -0.1) is 11.3 Å². The van der Waals surface area contributed by atoms with Crippen molar-refractivity contribution in [3.05, 3.63) is 11.4 Å². The van der Waals surface area contributed by atoms with Crippen LogP contribution in [0.2, 0.25) is 0 Å². The predicted molar refractivity (Wildman–Crippen MR) is 80.8 cm³/mol. The summed E-state index contributed by atoms with van der Waals surface area (Å²) in [4.78, 5) is 11.9. The quantitative estimate of drug-likeness (QED) is 0.881. The molecule has 2 rings (SSSR count). The van der Waals surface area contributed by atoms with Crippen LogP contribution in [0.5, 0.6) is 0 Å². The molecule has 0 aliphatic rings. The Balaban J connectivity index is 2.44. The number of hydrogen-bond acceptors (Lipinski definition) is 6. The summed E-state index contributed by atoms with van der Waals surface area (Å²) in [6.45, 7) is 5.82. The van der Waals surface area contributed by atoms with Crippen LogP contribution in [-0.2, 0) is 4.74 Å². The van der Waals surface area contributed by atoms with Crippen molar-refractivity contribution in [2.24, 2.45) is 0 Å². The zero-order chi connectivity index (χ0) is 13.8. The van der Waals surface area contributed by atoms with Crippen LogP contribution in [0, 0.1) is 0 Å². The molecule has 0 fully saturated rings. The number of aromatic nitrogens is 2. The smallest absolute Gasteiger partial charge is 0.223 e. The second-order valence-electron chi connectivity index (χ2n) is 4.49. The Morgan fingerprint density at radius 2 is 2.26 bits per heavy atom. The third kappa shape index (κ3) is 2.96. The second kappa shape index (κ2) is 6.16. The Labute approximate surface area is 117 Å². The molecule has 0 aliphatic heterocycles. The average molecular weight is 280 g/mol. The molecule has 2 N–H and O–H groups in total. The van der Waals surface area contributed by atoms with E-state index in [0.717, 1.165) is 29.0 Å². The Bertz CT molecular complexity index is 542. The van der Waals surface area contributed by atoms with E-state index >= 15 is 0 Å². The highest BCUT2D eigenvalue weighted by atomic mass is 32.1. The molecule has 5 nitrogen and oxygen atoms in total. The molecule has 0 radical (unpaired) electrons. The second-order valence-corrected chi connectivity index (χ2v) is 5.38. The molecule has 0 bridgehead atoms. The maximum Gasteiger partial charge on any atom is 0.223 e. The van der Waals surface area contributed by atoms with Gasteiger partial charge in [-0.1, -0.05) is 6.92 Å². The van der Waals surface area contributed by atoms with Gasteiger partial charge in [0, 0.05) is 19.7 Å². The predicted octanol–water partition coefficient (Wildman–Crippen LogP) is 2.52. The van der Waals surface area contributed by atoms with E-state index in [0.29, 0.717) is 18.6 Å². The summed E-state index contributed by atoms with van der Waals surface area (Å²) in [5, 5.41) is 3.09. The SMILES string of the molecule is CCC(C)N(CCOC)c1nc(N)nc2sccc12. The lowest BCUT2D eigenvalue weighted by molar-refractivity contribution is 0.203. The molecule has 1 unspecified atom stereocenters. The molecular weight excluding hydrogens is 260 g/mol. The van der Waals surface area contributed by atoms with Crippen LogP contribution in [0.15, 0.2) is 11.4 Å². The molecule has 6 heteroatoms. The van der Waals surface area contributed by atoms with Crippen molar-refractivity contribution in [3.8, 4) is 0 Å². The van der Waals surface area contributed by atoms with Gasteiger partial charge in [-0.05, 0) is 24.8 Å². The molecule has 0 saturated heterocycles. The molecule has 2 aromatic heterocycles. The topological polar surface area (TPSA) is 64.3 Å². The molecule has 0 aliphatic carbocycles. The van der Waals surface area contributed by atoms with Gasteiger partial charge in [0.1, 0.15) is 10.6 Å². The van der Waals surface area contributed by atoms with Gasteiger partial charge in [0.25, 0.3) is 0 Å². The fraction of sp³-hybridized carbons (Fsp3) is 0.538. The van der Waals surface area contributed by atoms with E-state index in [4.69, 9.17) is 10.5 Å². The van der Waals surface area contributed by atoms with Crippen LogP contribution in [0.3, 0.4) is 0 Å². The Morgan fingerprint density at radius 1 is 1.47 bits per heavy atom. The van der Waals surface area contributed by atoms with Gasteiger partial charge in [-0.3, -0.25) is 0 Å². The first-order valence-corrected chi connectivity index (χ1v) is 7.31. The molecule has 0 spiro atoms. The van der Waals surface area contributed by atoms with Crippen molar-refractivity contribution in [1.29, 1.82) is 0 Å². The number of rotatable bonds is 6. The number of anilines is 2. The number of nitrogens with zero attached hydrogens (tertiary/aromatic N) is 3. The largest absolute Gasteiger partial charge is 0.383 e. The highest BCUT2D eigenvalue weighted by molar-refractivity contribution is 7.16. The first kappa shape index (κ1) is 14.0. The summed E-state index contributed by atoms with van der Waals surface area (Å²) in [6, 6.07) is 2.43. The summed E-state index contributed by atoms with van der Waals surface area (Å²) in [5.41, 5.74) is 5.82. The zero-order valence-corrected chi connectivity index (χ0v) is 12.4. The first-order chi connectivity index (χ1) is 9.17. The number of nitrogens with two attached hydrogens (primary N) is 1. The number of fused-ring (bicyclic) bond motifs is 1. The van der Waals surface area contributed by atoms with E-state index in [1.807, 2.05) is 5.38 Å². The van der Waals surface area contributed by atoms with Crippen molar-refractivity contribution in [1.82, 2.24) is 9.97 Å². The molecule has 2 heterocycles. The minimum atomic E-state index is 0.329. The highest BCUT2D eigenvalue weighted by Crippen LogP contribution is 2.29. The van der Waals surface area contributed by atoms with Crippen molar-refractivity contribution in [2.75, 3.05) is 30.9 Å². The van der Waals surface area contributed by atoms with Gasteiger partial charge < -0.3 is 15.4 Å². The van der Waals surface area contributed by atoms with Crippen molar-refractivity contribution >= 4 is 33.3 Å². The van der Waals surface area contributed by atoms with E-state index in [1.165, 1.54) is 0 Å². The van der Waals surface area contributed by atoms with Crippen molar-refractivity contribution in [2.45, 2.75) is 26.3 Å². The highest BCUT2D eigenvalue weighted by Gasteiger charge is 2.18. The van der Waals surface area contributed by atoms with Gasteiger partial charge in [0.2, 0.25) is 5.95 Å². The molecule has 2 aromatic rings. The molecular formula is C13H20N4OS. The van der Waals surface area contributed by atoms with Gasteiger partial charge in [-0.25, -0.2) is 4.98 Å². The maximum atomic E-state index is 5.82. The van der Waals surface area contributed by atoms with Gasteiger partial charge in [0.05, 0.1) is 12.0 Å². The summed E-state index contributed by atoms with van der Waals surface area (Å²) >= 11 is 1.59. The lowest BCUT2D eigenvalue weighted by Gasteiger charge is -2.30. The standard InChI is InChI=1S/C13H20N4OS/c1-4-9(2)17(6-7-18-3)11-10-5-8-19-12(10)16-13(14)15-11/h5,8-9H,4,6-7H2,1-3H3,(H2,14,15,16). The minimum Gasteiger partial charge on any atom is -0.383 e. The number of thiophene rings is 1. The molecule has 19 heavy (non-hydrogen) atoms. The Hall–Kier alpha value is -1.40. The fourth-order valence-corrected chi connectivity index (χ4v) is 2.79. The number of nitrogen functional groups attached to an aromatic ring is 1. The maximum absolute atomic E-state index is 5.82. The third-order valence-electron chi connectivity index (χ3n) is 3.25. The summed E-state index contributed by atoms with van der Waals surface area (Å²) in [7, 11) is 1.71. The Kier molecular flexibility index (Phi) is 4.55. The van der Waals surface area contributed by atoms with E-state index in [2.05, 4.69) is 34.8 Å². The van der Waals surface area contributed by atoms with E-state index < -0.39 is 0 Å². The summed E-state index contributed by atoms with van der Waals surface area (Å²) in [6.07, 6.45) is 1.04. The van der Waals surface area contributed by atoms with E-state index in [1.54, 1.807) is 18.4 Å². The molecule has 0 saturated carbocycles. The lowest BCUT2D eigenvalue weighted by Crippen LogP contribution is -2.36. The van der Waals surface area contributed by atoms with Crippen LogP contribution >= 0.6 is 11.3 Å². The monoisotopic (exact) mass is 280 g/mol. The van der Waals surface area contributed by atoms with E-state index in [-0.39, 0.29) is 0 Å². The lowest BCUT2D eigenvalue weighted by atomic mass is 10.2. The van der Waals surface area contributed by atoms with Gasteiger partial charge in [0.15, 0.2) is 0 Å². The molecule has 104 valence electrons. The summed E-state index contributed by atoms with van der Waals surface area (Å²) < 4.78 is 5.20. The summed E-state index contributed by atoms with van der Waals surface area (Å²) in [5.74, 6) is 1.24. The molecule has 1 atom stereocenters. The van der Waals surface area contributed by atoms with E-state index in [9.17, 15) is 0 Å². The molecule has 0 amide bonds. The number of ether oxygens (including phenoxy) is 1. The fourth-order valence-electron chi connectivity index (χ4n) is 2.02. The normalized spacial score (nSPS) is 12.8. The Morgan fingerprint density at radius 3 is 2.95 bits per heavy atom. The van der Waals surface area contributed by atoms with Crippen molar-refractivity contribution < 1.29 is 4.74 Å². The zero-order valence-electron chi connectivity index (χ0n) is 11.6. The molecule has 0 aromatic carbocycles. The number of hydrogen-bond donors (Lipinski definition) is 1. The van der Waals surface area contributed by atoms with Crippen LogP contribution in [0.1, 0.15) is 20.3 Å². The van der Waals surface area contributed by atoms with Crippen molar-refractivity contribution in [3.63, 3.8) is 0 Å².